The summed E-state index contributed by atoms with van der Waals surface area (Å²) in [4.78, 5) is 31.4. The maximum absolute atomic E-state index is 11.0. The first-order chi connectivity index (χ1) is 8.12. The number of aliphatic carboxylic acids is 2. The molecule has 102 valence electrons. The molecule has 4 N–H and O–H groups in total. The summed E-state index contributed by atoms with van der Waals surface area (Å²) in [5.41, 5.74) is 0. The molecular weight excluding hydrogens is 270 g/mol. The van der Waals surface area contributed by atoms with Gasteiger partial charge in [0.15, 0.2) is 0 Å². The lowest BCUT2D eigenvalue weighted by Crippen LogP contribution is -2.37. The van der Waals surface area contributed by atoms with Gasteiger partial charge in [-0.15, -0.1) is 0 Å². The highest BCUT2D eigenvalue weighted by molar-refractivity contribution is 7.86. The number of carbonyl (C=O) groups is 3. The first kappa shape index (κ1) is 16.1. The number of amides is 1. The molecule has 9 nitrogen and oxygen atoms in total. The molecule has 0 radical (unpaired) electrons. The van der Waals surface area contributed by atoms with E-state index in [-0.39, 0.29) is 0 Å². The number of carbonyl (C=O) groups excluding carboxylic acids is 1. The number of carboxylic acids is 2. The molecule has 10 heteroatoms. The first-order valence-electron chi connectivity index (χ1n) is 4.50. The molecule has 0 rings (SSSR count). The third-order valence-corrected chi connectivity index (χ3v) is 2.88. The standard InChI is InChI=1S/C8H11NO8S/c10-6(1-2-7(11)12)9-4-5(3-8(13)14)18(15,16)17/h1-2,5H,3-4H2,(H,9,10)(H,11,12)(H,13,14)(H,15,16,17)/b2-1-/t5-/m0/s1. The number of nitrogens with one attached hydrogen (secondary N) is 1. The summed E-state index contributed by atoms with van der Waals surface area (Å²) in [5.74, 6) is -3.76. The molecule has 0 heterocycles. The molecule has 0 aliphatic heterocycles. The van der Waals surface area contributed by atoms with Gasteiger partial charge < -0.3 is 15.5 Å². The van der Waals surface area contributed by atoms with Crippen molar-refractivity contribution in [3.05, 3.63) is 12.2 Å². The molecule has 18 heavy (non-hydrogen) atoms. The zero-order chi connectivity index (χ0) is 14.3. The monoisotopic (exact) mass is 281 g/mol. The van der Waals surface area contributed by atoms with Crippen molar-refractivity contribution in [1.82, 2.24) is 5.32 Å². The summed E-state index contributed by atoms with van der Waals surface area (Å²) in [7, 11) is -4.62. The summed E-state index contributed by atoms with van der Waals surface area (Å²) in [6, 6.07) is 0. The zero-order valence-electron chi connectivity index (χ0n) is 8.94. The second kappa shape index (κ2) is 6.71. The van der Waals surface area contributed by atoms with Crippen molar-refractivity contribution in [3.63, 3.8) is 0 Å². The van der Waals surface area contributed by atoms with Crippen LogP contribution in [0.2, 0.25) is 0 Å². The minimum absolute atomic E-state index is 0.523. The molecule has 0 aliphatic carbocycles. The largest absolute Gasteiger partial charge is 0.481 e. The summed E-state index contributed by atoms with van der Waals surface area (Å²) in [6.45, 7) is -0.645. The molecule has 0 saturated heterocycles. The highest BCUT2D eigenvalue weighted by Gasteiger charge is 2.26. The van der Waals surface area contributed by atoms with Gasteiger partial charge in [0.05, 0.1) is 6.42 Å². The molecule has 0 saturated carbocycles. The Hall–Kier alpha value is -1.94. The van der Waals surface area contributed by atoms with Gasteiger partial charge in [-0.3, -0.25) is 14.1 Å². The lowest BCUT2D eigenvalue weighted by molar-refractivity contribution is -0.137. The molecule has 0 aromatic heterocycles. The summed E-state index contributed by atoms with van der Waals surface area (Å²) in [6.07, 6.45) is 0.265. The third-order valence-electron chi connectivity index (χ3n) is 1.70. The maximum Gasteiger partial charge on any atom is 0.328 e. The Kier molecular flexibility index (Phi) is 5.99. The normalized spacial score (nSPS) is 13.2. The Morgan fingerprint density at radius 1 is 1.17 bits per heavy atom. The molecule has 1 amide bonds. The van der Waals surface area contributed by atoms with Gasteiger partial charge >= 0.3 is 11.9 Å². The Morgan fingerprint density at radius 2 is 1.72 bits per heavy atom. The van der Waals surface area contributed by atoms with E-state index in [1.165, 1.54) is 0 Å². The Labute approximate surface area is 102 Å². The van der Waals surface area contributed by atoms with Gasteiger partial charge in [-0.05, 0) is 0 Å². The fourth-order valence-corrected chi connectivity index (χ4v) is 1.55. The van der Waals surface area contributed by atoms with E-state index in [9.17, 15) is 22.8 Å². The molecule has 1 atom stereocenters. The Balaban J connectivity index is 4.50. The lowest BCUT2D eigenvalue weighted by atomic mass is 10.3. The van der Waals surface area contributed by atoms with Crippen LogP contribution in [-0.4, -0.2) is 52.8 Å². The van der Waals surface area contributed by atoms with Crippen molar-refractivity contribution in [1.29, 1.82) is 0 Å². The topological polar surface area (TPSA) is 158 Å². The molecule has 0 bridgehead atoms. The van der Waals surface area contributed by atoms with E-state index < -0.39 is 46.2 Å². The van der Waals surface area contributed by atoms with E-state index in [1.54, 1.807) is 0 Å². The van der Waals surface area contributed by atoms with Gasteiger partial charge in [0.2, 0.25) is 5.91 Å². The van der Waals surface area contributed by atoms with Gasteiger partial charge in [-0.25, -0.2) is 4.79 Å². The second-order valence-corrected chi connectivity index (χ2v) is 4.85. The van der Waals surface area contributed by atoms with Crippen molar-refractivity contribution >= 4 is 28.0 Å². The van der Waals surface area contributed by atoms with Crippen LogP contribution in [0.15, 0.2) is 12.2 Å². The molecule has 0 fully saturated rings. The van der Waals surface area contributed by atoms with E-state index in [1.807, 2.05) is 5.32 Å². The van der Waals surface area contributed by atoms with E-state index in [2.05, 4.69) is 0 Å². The van der Waals surface area contributed by atoms with Crippen LogP contribution in [-0.2, 0) is 24.5 Å². The summed E-state index contributed by atoms with van der Waals surface area (Å²) >= 11 is 0. The number of carboxylic acid groups (broad SMARTS) is 2. The quantitative estimate of drug-likeness (QED) is 0.323. The van der Waals surface area contributed by atoms with Crippen LogP contribution >= 0.6 is 0 Å². The number of hydrogen-bond donors (Lipinski definition) is 4. The van der Waals surface area contributed by atoms with Crippen molar-refractivity contribution in [2.75, 3.05) is 6.54 Å². The smallest absolute Gasteiger partial charge is 0.328 e. The predicted molar refractivity (Wildman–Crippen MR) is 57.4 cm³/mol. The Morgan fingerprint density at radius 3 is 2.11 bits per heavy atom. The van der Waals surface area contributed by atoms with E-state index in [4.69, 9.17) is 14.8 Å². The van der Waals surface area contributed by atoms with Crippen LogP contribution in [0.3, 0.4) is 0 Å². The van der Waals surface area contributed by atoms with Crippen molar-refractivity contribution in [2.45, 2.75) is 11.7 Å². The predicted octanol–water partition coefficient (Wildman–Crippen LogP) is -1.53. The average Bonchev–Trinajstić information content (AvgIpc) is 2.19. The molecule has 0 spiro atoms. The van der Waals surface area contributed by atoms with Gasteiger partial charge in [0.25, 0.3) is 10.1 Å². The second-order valence-electron chi connectivity index (χ2n) is 3.15. The van der Waals surface area contributed by atoms with E-state index in [0.717, 1.165) is 0 Å². The highest BCUT2D eigenvalue weighted by atomic mass is 32.2. The van der Waals surface area contributed by atoms with Crippen molar-refractivity contribution < 1.29 is 37.6 Å². The third kappa shape index (κ3) is 7.35. The maximum atomic E-state index is 11.0. The minimum Gasteiger partial charge on any atom is -0.481 e. The number of hydrogen-bond acceptors (Lipinski definition) is 5. The fourth-order valence-electron chi connectivity index (χ4n) is 0.898. The summed E-state index contributed by atoms with van der Waals surface area (Å²) in [5, 5.41) is 16.9. The summed E-state index contributed by atoms with van der Waals surface area (Å²) < 4.78 is 30.3. The van der Waals surface area contributed by atoms with Crippen LogP contribution < -0.4 is 5.32 Å². The molecule has 0 aliphatic rings. The molecular formula is C8H11NO8S. The minimum atomic E-state index is -4.62. The average molecular weight is 281 g/mol. The lowest BCUT2D eigenvalue weighted by Gasteiger charge is -2.11. The number of rotatable bonds is 7. The first-order valence-corrected chi connectivity index (χ1v) is 6.00. The van der Waals surface area contributed by atoms with Crippen LogP contribution in [0.25, 0.3) is 0 Å². The molecule has 0 aromatic carbocycles. The van der Waals surface area contributed by atoms with E-state index in [0.29, 0.717) is 12.2 Å². The van der Waals surface area contributed by atoms with E-state index >= 15 is 0 Å². The Bertz CT molecular complexity index is 465. The van der Waals surface area contributed by atoms with Crippen molar-refractivity contribution in [2.24, 2.45) is 0 Å². The van der Waals surface area contributed by atoms with Gasteiger partial charge in [0, 0.05) is 18.7 Å². The SMILES string of the molecule is O=C(O)/C=C\C(=O)NC[C@H](CC(=O)O)S(=O)(=O)O. The highest BCUT2D eigenvalue weighted by Crippen LogP contribution is 2.03. The fraction of sp³-hybridized carbons (Fsp3) is 0.375. The van der Waals surface area contributed by atoms with Gasteiger partial charge in [-0.2, -0.15) is 8.42 Å². The van der Waals surface area contributed by atoms with Gasteiger partial charge in [0.1, 0.15) is 5.25 Å². The van der Waals surface area contributed by atoms with Crippen LogP contribution in [0, 0.1) is 0 Å². The molecule has 0 unspecified atom stereocenters. The van der Waals surface area contributed by atoms with Crippen LogP contribution in [0.5, 0.6) is 0 Å². The van der Waals surface area contributed by atoms with Crippen LogP contribution in [0.1, 0.15) is 6.42 Å². The molecule has 0 aromatic rings. The van der Waals surface area contributed by atoms with Crippen molar-refractivity contribution in [3.8, 4) is 0 Å². The van der Waals surface area contributed by atoms with Gasteiger partial charge in [-0.1, -0.05) is 0 Å². The zero-order valence-corrected chi connectivity index (χ0v) is 9.75. The van der Waals surface area contributed by atoms with Crippen LogP contribution in [0.4, 0.5) is 0 Å².